The second-order valence-corrected chi connectivity index (χ2v) is 3.53. The maximum Gasteiger partial charge on any atom is 0.326 e. The summed E-state index contributed by atoms with van der Waals surface area (Å²) in [5.74, 6) is -1.28. The molecule has 0 saturated heterocycles. The van der Waals surface area contributed by atoms with Gasteiger partial charge in [0.1, 0.15) is 6.04 Å². The molecule has 0 aliphatic rings. The van der Waals surface area contributed by atoms with E-state index in [0.717, 1.165) is 0 Å². The van der Waals surface area contributed by atoms with Crippen LogP contribution in [0.4, 0.5) is 0 Å². The molecule has 0 rings (SSSR count). The van der Waals surface area contributed by atoms with Gasteiger partial charge in [0.2, 0.25) is 5.91 Å². The summed E-state index contributed by atoms with van der Waals surface area (Å²) < 4.78 is 0. The average molecular weight is 214 g/mol. The largest absolute Gasteiger partial charge is 0.480 e. The number of hydrogen-bond acceptors (Lipinski definition) is 3. The Morgan fingerprint density at radius 1 is 1.60 bits per heavy atom. The van der Waals surface area contributed by atoms with Crippen molar-refractivity contribution in [2.24, 2.45) is 11.7 Å². The van der Waals surface area contributed by atoms with Crippen LogP contribution in [0.1, 0.15) is 19.8 Å². The number of rotatable bonds is 7. The molecular weight excluding hydrogens is 196 g/mol. The number of hydrogen-bond donors (Lipinski definition) is 3. The van der Waals surface area contributed by atoms with E-state index in [9.17, 15) is 9.59 Å². The minimum Gasteiger partial charge on any atom is -0.480 e. The maximum absolute atomic E-state index is 11.3. The van der Waals surface area contributed by atoms with Gasteiger partial charge in [-0.25, -0.2) is 4.79 Å². The van der Waals surface area contributed by atoms with Gasteiger partial charge in [-0.1, -0.05) is 13.0 Å². The molecule has 0 saturated carbocycles. The fourth-order valence-electron chi connectivity index (χ4n) is 1.04. The van der Waals surface area contributed by atoms with Gasteiger partial charge in [-0.15, -0.1) is 6.58 Å². The van der Waals surface area contributed by atoms with Gasteiger partial charge in [-0.2, -0.15) is 0 Å². The minimum absolute atomic E-state index is 0.0585. The van der Waals surface area contributed by atoms with Crippen LogP contribution in [0, 0.1) is 5.92 Å². The maximum atomic E-state index is 11.3. The Morgan fingerprint density at radius 3 is 2.60 bits per heavy atom. The zero-order valence-electron chi connectivity index (χ0n) is 8.90. The Labute approximate surface area is 89.3 Å². The lowest BCUT2D eigenvalue weighted by atomic mass is 10.1. The van der Waals surface area contributed by atoms with Crippen LogP contribution in [-0.4, -0.2) is 29.6 Å². The molecule has 2 atom stereocenters. The number of amides is 1. The van der Waals surface area contributed by atoms with Gasteiger partial charge in [0.15, 0.2) is 0 Å². The zero-order chi connectivity index (χ0) is 11.8. The Balaban J connectivity index is 4.10. The second-order valence-electron chi connectivity index (χ2n) is 3.53. The fraction of sp³-hybridized carbons (Fsp3) is 0.600. The summed E-state index contributed by atoms with van der Waals surface area (Å²) in [5, 5.41) is 11.2. The third-order valence-corrected chi connectivity index (χ3v) is 1.97. The van der Waals surface area contributed by atoms with E-state index >= 15 is 0 Å². The van der Waals surface area contributed by atoms with Gasteiger partial charge in [-0.05, 0) is 18.9 Å². The molecule has 5 heteroatoms. The number of aliphatic carboxylic acids is 1. The molecular formula is C10H18N2O3. The SMILES string of the molecule is C=CCC(NC(=O)CC(C)CN)C(=O)O. The number of carbonyl (C=O) groups is 2. The van der Waals surface area contributed by atoms with Gasteiger partial charge in [-0.3, -0.25) is 4.79 Å². The van der Waals surface area contributed by atoms with Crippen LogP contribution >= 0.6 is 0 Å². The predicted molar refractivity (Wildman–Crippen MR) is 57.2 cm³/mol. The molecule has 1 amide bonds. The Bertz CT molecular complexity index is 241. The summed E-state index contributed by atoms with van der Waals surface area (Å²) in [7, 11) is 0. The van der Waals surface area contributed by atoms with Crippen molar-refractivity contribution in [3.63, 3.8) is 0 Å². The van der Waals surface area contributed by atoms with Gasteiger partial charge in [0, 0.05) is 6.42 Å². The molecule has 0 spiro atoms. The van der Waals surface area contributed by atoms with Crippen LogP contribution in [0.5, 0.6) is 0 Å². The summed E-state index contributed by atoms with van der Waals surface area (Å²) in [6.45, 7) is 5.68. The predicted octanol–water partition coefficient (Wildman–Crippen LogP) is 0.117. The third-order valence-electron chi connectivity index (χ3n) is 1.97. The second kappa shape index (κ2) is 7.00. The van der Waals surface area contributed by atoms with Crippen molar-refractivity contribution < 1.29 is 14.7 Å². The number of carboxylic acids is 1. The van der Waals surface area contributed by atoms with Gasteiger partial charge in [0.05, 0.1) is 0 Å². The fourth-order valence-corrected chi connectivity index (χ4v) is 1.04. The first-order valence-electron chi connectivity index (χ1n) is 4.84. The van der Waals surface area contributed by atoms with E-state index in [1.165, 1.54) is 6.08 Å². The van der Waals surface area contributed by atoms with E-state index < -0.39 is 12.0 Å². The summed E-state index contributed by atoms with van der Waals surface area (Å²) in [5.41, 5.74) is 5.36. The summed E-state index contributed by atoms with van der Waals surface area (Å²) >= 11 is 0. The van der Waals surface area contributed by atoms with Crippen molar-refractivity contribution in [1.82, 2.24) is 5.32 Å². The number of carbonyl (C=O) groups excluding carboxylic acids is 1. The number of nitrogens with two attached hydrogens (primary N) is 1. The molecule has 15 heavy (non-hydrogen) atoms. The zero-order valence-corrected chi connectivity index (χ0v) is 8.90. The van der Waals surface area contributed by atoms with E-state index in [2.05, 4.69) is 11.9 Å². The van der Waals surface area contributed by atoms with Crippen LogP contribution in [0.2, 0.25) is 0 Å². The summed E-state index contributed by atoms with van der Waals surface area (Å²) in [6.07, 6.45) is 1.93. The molecule has 2 unspecified atom stereocenters. The molecule has 0 heterocycles. The van der Waals surface area contributed by atoms with Gasteiger partial charge in [0.25, 0.3) is 0 Å². The summed E-state index contributed by atoms with van der Waals surface area (Å²) in [6, 6.07) is -0.889. The molecule has 0 aromatic rings. The van der Waals surface area contributed by atoms with Crippen molar-refractivity contribution >= 4 is 11.9 Å². The van der Waals surface area contributed by atoms with E-state index in [0.29, 0.717) is 6.54 Å². The lowest BCUT2D eigenvalue weighted by Crippen LogP contribution is -2.41. The Hall–Kier alpha value is -1.36. The highest BCUT2D eigenvalue weighted by Crippen LogP contribution is 2.00. The minimum atomic E-state index is -1.05. The van der Waals surface area contributed by atoms with E-state index in [4.69, 9.17) is 10.8 Å². The van der Waals surface area contributed by atoms with Crippen LogP contribution in [0.25, 0.3) is 0 Å². The first kappa shape index (κ1) is 13.6. The Kier molecular flexibility index (Phi) is 6.37. The smallest absolute Gasteiger partial charge is 0.326 e. The van der Waals surface area contributed by atoms with Crippen molar-refractivity contribution in [3.8, 4) is 0 Å². The van der Waals surface area contributed by atoms with Crippen molar-refractivity contribution in [3.05, 3.63) is 12.7 Å². The van der Waals surface area contributed by atoms with E-state index in [-0.39, 0.29) is 24.7 Å². The molecule has 0 radical (unpaired) electrons. The topological polar surface area (TPSA) is 92.4 Å². The van der Waals surface area contributed by atoms with Crippen molar-refractivity contribution in [1.29, 1.82) is 0 Å². The van der Waals surface area contributed by atoms with Crippen LogP contribution in [0.3, 0.4) is 0 Å². The van der Waals surface area contributed by atoms with Gasteiger partial charge >= 0.3 is 5.97 Å². The van der Waals surface area contributed by atoms with E-state index in [1.807, 2.05) is 6.92 Å². The van der Waals surface area contributed by atoms with Crippen molar-refractivity contribution in [2.75, 3.05) is 6.54 Å². The normalized spacial score (nSPS) is 14.0. The highest BCUT2D eigenvalue weighted by atomic mass is 16.4. The highest BCUT2D eigenvalue weighted by Gasteiger charge is 2.18. The number of nitrogens with one attached hydrogen (secondary N) is 1. The first-order chi connectivity index (χ1) is 7.01. The molecule has 0 aliphatic carbocycles. The average Bonchev–Trinajstić information content (AvgIpc) is 2.16. The van der Waals surface area contributed by atoms with Crippen LogP contribution < -0.4 is 11.1 Å². The first-order valence-corrected chi connectivity index (χ1v) is 4.84. The van der Waals surface area contributed by atoms with Gasteiger partial charge < -0.3 is 16.2 Å². The standard InChI is InChI=1S/C10H18N2O3/c1-3-4-8(10(14)15)12-9(13)5-7(2)6-11/h3,7-8H,1,4-6,11H2,2H3,(H,12,13)(H,14,15). The Morgan fingerprint density at radius 2 is 2.20 bits per heavy atom. The number of carboxylic acid groups (broad SMARTS) is 1. The lowest BCUT2D eigenvalue weighted by Gasteiger charge is -2.14. The molecule has 0 aliphatic heterocycles. The van der Waals surface area contributed by atoms with Crippen molar-refractivity contribution in [2.45, 2.75) is 25.8 Å². The molecule has 86 valence electrons. The molecule has 5 nitrogen and oxygen atoms in total. The molecule has 0 bridgehead atoms. The van der Waals surface area contributed by atoms with Crippen LogP contribution in [0.15, 0.2) is 12.7 Å². The van der Waals surface area contributed by atoms with E-state index in [1.54, 1.807) is 0 Å². The monoisotopic (exact) mass is 214 g/mol. The molecule has 0 aromatic carbocycles. The molecule has 0 aromatic heterocycles. The lowest BCUT2D eigenvalue weighted by molar-refractivity contribution is -0.141. The highest BCUT2D eigenvalue weighted by molar-refractivity contribution is 5.83. The summed E-state index contributed by atoms with van der Waals surface area (Å²) in [4.78, 5) is 22.0. The quantitative estimate of drug-likeness (QED) is 0.525. The molecule has 0 fully saturated rings. The third kappa shape index (κ3) is 5.85. The molecule has 4 N–H and O–H groups in total. The van der Waals surface area contributed by atoms with Crippen LogP contribution in [-0.2, 0) is 9.59 Å².